The summed E-state index contributed by atoms with van der Waals surface area (Å²) in [6, 6.07) is 6.56. The van der Waals surface area contributed by atoms with Gasteiger partial charge >= 0.3 is 0 Å². The van der Waals surface area contributed by atoms with Crippen LogP contribution in [0.4, 0.5) is 0 Å². The lowest BCUT2D eigenvalue weighted by Crippen LogP contribution is -1.99. The predicted molar refractivity (Wildman–Crippen MR) is 90.7 cm³/mol. The van der Waals surface area contributed by atoms with Crippen LogP contribution >= 0.6 is 0 Å². The first-order valence-corrected chi connectivity index (χ1v) is 8.33. The van der Waals surface area contributed by atoms with Gasteiger partial charge in [-0.15, -0.1) is 0 Å². The second-order valence-corrected chi connectivity index (χ2v) is 6.71. The maximum atomic E-state index is 5.45. The first kappa shape index (κ1) is 15.0. The second kappa shape index (κ2) is 5.82. The molecule has 5 heteroatoms. The van der Waals surface area contributed by atoms with Crippen LogP contribution in [0.1, 0.15) is 53.3 Å². The van der Waals surface area contributed by atoms with Crippen molar-refractivity contribution in [3.05, 3.63) is 58.7 Å². The summed E-state index contributed by atoms with van der Waals surface area (Å²) in [4.78, 5) is 13.0. The van der Waals surface area contributed by atoms with E-state index >= 15 is 0 Å². The average Bonchev–Trinajstić information content (AvgIpc) is 3.15. The predicted octanol–water partition coefficient (Wildman–Crippen LogP) is 3.98. The van der Waals surface area contributed by atoms with Gasteiger partial charge in [0.1, 0.15) is 0 Å². The number of nitrogens with zero attached hydrogens (tertiary/aromatic N) is 4. The molecule has 0 amide bonds. The molecule has 0 aliphatic heterocycles. The normalized spacial score (nSPS) is 19.5. The highest BCUT2D eigenvalue weighted by atomic mass is 16.5. The SMILES string of the molecule is Cc1cnc(-c2noc(CC3CC(C)c4c(C)cccc43)n2)nc1. The molecule has 1 aromatic carbocycles. The molecule has 2 unspecified atom stereocenters. The third kappa shape index (κ3) is 2.60. The molecule has 0 N–H and O–H groups in total. The average molecular weight is 320 g/mol. The maximum absolute atomic E-state index is 5.45. The van der Waals surface area contributed by atoms with Crippen molar-refractivity contribution in [2.75, 3.05) is 0 Å². The molecule has 5 nitrogen and oxygen atoms in total. The van der Waals surface area contributed by atoms with E-state index in [1.54, 1.807) is 12.4 Å². The largest absolute Gasteiger partial charge is 0.339 e. The molecule has 0 spiro atoms. The first-order valence-electron chi connectivity index (χ1n) is 8.33. The number of aryl methyl sites for hydroxylation is 2. The maximum Gasteiger partial charge on any atom is 0.240 e. The van der Waals surface area contributed by atoms with E-state index < -0.39 is 0 Å². The van der Waals surface area contributed by atoms with Gasteiger partial charge in [-0.05, 0) is 54.4 Å². The molecule has 2 atom stereocenters. The Morgan fingerprint density at radius 2 is 1.92 bits per heavy atom. The van der Waals surface area contributed by atoms with Crippen molar-refractivity contribution in [1.82, 2.24) is 20.1 Å². The molecule has 3 aromatic rings. The molecule has 0 fully saturated rings. The molecule has 0 saturated carbocycles. The van der Waals surface area contributed by atoms with Crippen molar-refractivity contribution in [2.24, 2.45) is 0 Å². The lowest BCUT2D eigenvalue weighted by molar-refractivity contribution is 0.367. The number of rotatable bonds is 3. The molecule has 1 aliphatic carbocycles. The molecule has 1 aliphatic rings. The van der Waals surface area contributed by atoms with Crippen LogP contribution in [0.15, 0.2) is 35.1 Å². The molecule has 4 rings (SSSR count). The highest BCUT2D eigenvalue weighted by Gasteiger charge is 2.30. The fourth-order valence-electron chi connectivity index (χ4n) is 3.74. The van der Waals surface area contributed by atoms with Gasteiger partial charge in [0.05, 0.1) is 0 Å². The molecule has 0 saturated heterocycles. The van der Waals surface area contributed by atoms with Crippen LogP contribution in [-0.2, 0) is 6.42 Å². The summed E-state index contributed by atoms with van der Waals surface area (Å²) in [7, 11) is 0. The minimum Gasteiger partial charge on any atom is -0.339 e. The summed E-state index contributed by atoms with van der Waals surface area (Å²) in [5.41, 5.74) is 5.30. The summed E-state index contributed by atoms with van der Waals surface area (Å²) in [5.74, 6) is 2.63. The number of aromatic nitrogens is 4. The monoisotopic (exact) mass is 320 g/mol. The van der Waals surface area contributed by atoms with E-state index in [4.69, 9.17) is 4.52 Å². The number of hydrogen-bond acceptors (Lipinski definition) is 5. The second-order valence-electron chi connectivity index (χ2n) is 6.71. The van der Waals surface area contributed by atoms with Gasteiger partial charge in [0.2, 0.25) is 17.5 Å². The van der Waals surface area contributed by atoms with Crippen LogP contribution in [0.25, 0.3) is 11.6 Å². The summed E-state index contributed by atoms with van der Waals surface area (Å²) >= 11 is 0. The highest BCUT2D eigenvalue weighted by molar-refractivity contribution is 5.44. The lowest BCUT2D eigenvalue weighted by Gasteiger charge is -2.09. The van der Waals surface area contributed by atoms with E-state index in [0.717, 1.165) is 18.4 Å². The van der Waals surface area contributed by atoms with Crippen LogP contribution in [0.5, 0.6) is 0 Å². The van der Waals surface area contributed by atoms with Gasteiger partial charge in [-0.25, -0.2) is 9.97 Å². The van der Waals surface area contributed by atoms with Crippen molar-refractivity contribution in [3.8, 4) is 11.6 Å². The quantitative estimate of drug-likeness (QED) is 0.730. The highest BCUT2D eigenvalue weighted by Crippen LogP contribution is 2.44. The minimum atomic E-state index is 0.433. The van der Waals surface area contributed by atoms with E-state index in [9.17, 15) is 0 Å². The number of benzene rings is 1. The van der Waals surface area contributed by atoms with Crippen LogP contribution in [0.2, 0.25) is 0 Å². The van der Waals surface area contributed by atoms with Gasteiger partial charge < -0.3 is 4.52 Å². The van der Waals surface area contributed by atoms with Gasteiger partial charge in [0, 0.05) is 18.8 Å². The van der Waals surface area contributed by atoms with Gasteiger partial charge in [0.15, 0.2) is 0 Å². The van der Waals surface area contributed by atoms with E-state index in [1.807, 2.05) is 6.92 Å². The Morgan fingerprint density at radius 1 is 1.12 bits per heavy atom. The molecular formula is C19H20N4O. The molecule has 24 heavy (non-hydrogen) atoms. The zero-order chi connectivity index (χ0) is 16.7. The minimum absolute atomic E-state index is 0.433. The van der Waals surface area contributed by atoms with Crippen LogP contribution in [0.3, 0.4) is 0 Å². The van der Waals surface area contributed by atoms with E-state index in [-0.39, 0.29) is 0 Å². The first-order chi connectivity index (χ1) is 11.6. The van der Waals surface area contributed by atoms with Gasteiger partial charge in [0.25, 0.3) is 0 Å². The molecule has 122 valence electrons. The Hall–Kier alpha value is -2.56. The molecular weight excluding hydrogens is 300 g/mol. The Morgan fingerprint density at radius 3 is 2.71 bits per heavy atom. The lowest BCUT2D eigenvalue weighted by atomic mass is 9.96. The Kier molecular flexibility index (Phi) is 3.63. The van der Waals surface area contributed by atoms with Gasteiger partial charge in [-0.3, -0.25) is 0 Å². The topological polar surface area (TPSA) is 64.7 Å². The zero-order valence-corrected chi connectivity index (χ0v) is 14.2. The zero-order valence-electron chi connectivity index (χ0n) is 14.2. The van der Waals surface area contributed by atoms with Crippen molar-refractivity contribution >= 4 is 0 Å². The van der Waals surface area contributed by atoms with Crippen LogP contribution in [-0.4, -0.2) is 20.1 Å². The summed E-state index contributed by atoms with van der Waals surface area (Å²) < 4.78 is 5.45. The van der Waals surface area contributed by atoms with Crippen LogP contribution in [0, 0.1) is 13.8 Å². The van der Waals surface area contributed by atoms with Gasteiger partial charge in [-0.2, -0.15) is 4.98 Å². The molecule has 0 radical (unpaired) electrons. The van der Waals surface area contributed by atoms with Crippen molar-refractivity contribution in [2.45, 2.75) is 45.4 Å². The molecule has 2 heterocycles. The van der Waals surface area contributed by atoms with Gasteiger partial charge in [-0.1, -0.05) is 30.3 Å². The van der Waals surface area contributed by atoms with E-state index in [0.29, 0.717) is 29.4 Å². The standard InChI is InChI=1S/C19H20N4O/c1-11-9-20-18(21-10-11)19-22-16(24-23-19)8-14-7-13(3)17-12(2)5-4-6-15(14)17/h4-6,9-10,13-14H,7-8H2,1-3H3. The third-order valence-corrected chi connectivity index (χ3v) is 4.80. The third-order valence-electron chi connectivity index (χ3n) is 4.80. The fraction of sp³-hybridized carbons (Fsp3) is 0.368. The summed E-state index contributed by atoms with van der Waals surface area (Å²) in [6.07, 6.45) is 5.41. The summed E-state index contributed by atoms with van der Waals surface area (Å²) in [6.45, 7) is 6.44. The van der Waals surface area contributed by atoms with E-state index in [1.165, 1.54) is 16.7 Å². The van der Waals surface area contributed by atoms with Crippen molar-refractivity contribution in [3.63, 3.8) is 0 Å². The summed E-state index contributed by atoms with van der Waals surface area (Å²) in [5, 5.41) is 4.04. The Bertz CT molecular complexity index is 869. The number of hydrogen-bond donors (Lipinski definition) is 0. The van der Waals surface area contributed by atoms with Crippen LogP contribution < -0.4 is 0 Å². The van der Waals surface area contributed by atoms with Crippen molar-refractivity contribution < 1.29 is 4.52 Å². The smallest absolute Gasteiger partial charge is 0.240 e. The number of fused-ring (bicyclic) bond motifs is 1. The fourth-order valence-corrected chi connectivity index (χ4v) is 3.74. The van der Waals surface area contributed by atoms with Crippen molar-refractivity contribution in [1.29, 1.82) is 0 Å². The Balaban J connectivity index is 1.58. The molecule has 0 bridgehead atoms. The Labute approximate surface area is 141 Å². The van der Waals surface area contributed by atoms with E-state index in [2.05, 4.69) is 52.2 Å². The molecule has 2 aromatic heterocycles.